The predicted octanol–water partition coefficient (Wildman–Crippen LogP) is 2.77. The van der Waals surface area contributed by atoms with Gasteiger partial charge in [-0.25, -0.2) is 4.39 Å². The molecule has 0 amide bonds. The zero-order chi connectivity index (χ0) is 14.1. The SMILES string of the molecule is N#Cc1c(F)cccc1N[C@@H]1c2ccccc2C[C@@H]1O. The van der Waals surface area contributed by atoms with E-state index in [1.54, 1.807) is 12.1 Å². The number of nitriles is 1. The Balaban J connectivity index is 1.97. The van der Waals surface area contributed by atoms with E-state index < -0.39 is 11.9 Å². The summed E-state index contributed by atoms with van der Waals surface area (Å²) in [5.74, 6) is -0.557. The Kier molecular flexibility index (Phi) is 3.13. The first-order valence-corrected chi connectivity index (χ1v) is 6.41. The molecule has 2 atom stereocenters. The lowest BCUT2D eigenvalue weighted by Gasteiger charge is -2.20. The van der Waals surface area contributed by atoms with E-state index in [0.29, 0.717) is 12.1 Å². The molecule has 0 saturated carbocycles. The van der Waals surface area contributed by atoms with Gasteiger partial charge >= 0.3 is 0 Å². The Bertz CT molecular complexity index is 693. The first kappa shape index (κ1) is 12.6. The fraction of sp³-hybridized carbons (Fsp3) is 0.188. The summed E-state index contributed by atoms with van der Waals surface area (Å²) in [5.41, 5.74) is 2.46. The van der Waals surface area contributed by atoms with E-state index >= 15 is 0 Å². The van der Waals surface area contributed by atoms with Gasteiger partial charge in [0.15, 0.2) is 0 Å². The number of nitrogens with one attached hydrogen (secondary N) is 1. The number of rotatable bonds is 2. The van der Waals surface area contributed by atoms with E-state index in [1.165, 1.54) is 6.07 Å². The summed E-state index contributed by atoms with van der Waals surface area (Å²) in [4.78, 5) is 0. The maximum atomic E-state index is 13.6. The summed E-state index contributed by atoms with van der Waals surface area (Å²) in [5, 5.41) is 22.3. The Morgan fingerprint density at radius 3 is 2.80 bits per heavy atom. The van der Waals surface area contributed by atoms with Gasteiger partial charge < -0.3 is 10.4 Å². The van der Waals surface area contributed by atoms with Crippen molar-refractivity contribution in [2.24, 2.45) is 0 Å². The van der Waals surface area contributed by atoms with Crippen molar-refractivity contribution in [3.05, 3.63) is 65.0 Å². The third-order valence-electron chi connectivity index (χ3n) is 3.64. The number of hydrogen-bond acceptors (Lipinski definition) is 3. The van der Waals surface area contributed by atoms with Gasteiger partial charge in [-0.1, -0.05) is 30.3 Å². The topological polar surface area (TPSA) is 56.0 Å². The molecule has 0 aliphatic heterocycles. The second-order valence-electron chi connectivity index (χ2n) is 4.87. The molecule has 1 aliphatic rings. The van der Waals surface area contributed by atoms with Gasteiger partial charge in [-0.2, -0.15) is 5.26 Å². The van der Waals surface area contributed by atoms with Gasteiger partial charge in [0.2, 0.25) is 0 Å². The average molecular weight is 268 g/mol. The first-order chi connectivity index (χ1) is 9.70. The third-order valence-corrected chi connectivity index (χ3v) is 3.64. The predicted molar refractivity (Wildman–Crippen MR) is 73.6 cm³/mol. The van der Waals surface area contributed by atoms with Gasteiger partial charge in [0, 0.05) is 6.42 Å². The molecule has 1 aliphatic carbocycles. The summed E-state index contributed by atoms with van der Waals surface area (Å²) >= 11 is 0. The molecule has 3 nitrogen and oxygen atoms in total. The molecule has 0 spiro atoms. The van der Waals surface area contributed by atoms with Crippen molar-refractivity contribution in [2.75, 3.05) is 5.32 Å². The molecule has 0 unspecified atom stereocenters. The maximum absolute atomic E-state index is 13.6. The largest absolute Gasteiger partial charge is 0.390 e. The highest BCUT2D eigenvalue weighted by molar-refractivity contribution is 5.60. The molecule has 0 heterocycles. The Morgan fingerprint density at radius 1 is 1.20 bits per heavy atom. The van der Waals surface area contributed by atoms with Crippen LogP contribution in [0.2, 0.25) is 0 Å². The Labute approximate surface area is 116 Å². The molecule has 0 aromatic heterocycles. The first-order valence-electron chi connectivity index (χ1n) is 6.41. The van der Waals surface area contributed by atoms with E-state index in [2.05, 4.69) is 5.32 Å². The van der Waals surface area contributed by atoms with Crippen LogP contribution in [0, 0.1) is 17.1 Å². The highest BCUT2D eigenvalue weighted by Crippen LogP contribution is 2.35. The standard InChI is InChI=1S/C16H13FN2O/c17-13-6-3-7-14(12(13)9-18)19-16-11-5-2-1-4-10(11)8-15(16)20/h1-7,15-16,19-20H,8H2/t15-,16+/m0/s1. The van der Waals surface area contributed by atoms with E-state index in [9.17, 15) is 9.50 Å². The highest BCUT2D eigenvalue weighted by atomic mass is 19.1. The molecule has 3 rings (SSSR count). The van der Waals surface area contributed by atoms with Crippen molar-refractivity contribution in [3.8, 4) is 6.07 Å². The number of hydrogen-bond donors (Lipinski definition) is 2. The van der Waals surface area contributed by atoms with Crippen molar-refractivity contribution in [3.63, 3.8) is 0 Å². The second-order valence-corrected chi connectivity index (χ2v) is 4.87. The van der Waals surface area contributed by atoms with Gasteiger partial charge in [-0.15, -0.1) is 0 Å². The summed E-state index contributed by atoms with van der Waals surface area (Å²) < 4.78 is 13.6. The zero-order valence-electron chi connectivity index (χ0n) is 10.7. The second kappa shape index (κ2) is 4.95. The van der Waals surface area contributed by atoms with Gasteiger partial charge in [0.25, 0.3) is 0 Å². The van der Waals surface area contributed by atoms with Crippen molar-refractivity contribution in [1.82, 2.24) is 0 Å². The van der Waals surface area contributed by atoms with Crippen molar-refractivity contribution < 1.29 is 9.50 Å². The van der Waals surface area contributed by atoms with Gasteiger partial charge in [0.1, 0.15) is 17.4 Å². The molecule has 0 saturated heterocycles. The van der Waals surface area contributed by atoms with E-state index in [-0.39, 0.29) is 11.6 Å². The molecule has 100 valence electrons. The summed E-state index contributed by atoms with van der Waals surface area (Å²) in [6.07, 6.45) is -0.0207. The molecular formula is C16H13FN2O. The smallest absolute Gasteiger partial charge is 0.143 e. The average Bonchev–Trinajstić information content (AvgIpc) is 2.76. The van der Waals surface area contributed by atoms with Crippen LogP contribution in [0.3, 0.4) is 0 Å². The molecule has 4 heteroatoms. The number of halogens is 1. The van der Waals surface area contributed by atoms with Crippen LogP contribution < -0.4 is 5.32 Å². The molecular weight excluding hydrogens is 255 g/mol. The molecule has 2 aromatic rings. The van der Waals surface area contributed by atoms with Gasteiger partial charge in [-0.3, -0.25) is 0 Å². The number of aliphatic hydroxyl groups excluding tert-OH is 1. The quantitative estimate of drug-likeness (QED) is 0.880. The summed E-state index contributed by atoms with van der Waals surface area (Å²) in [6, 6.07) is 13.7. The minimum atomic E-state index is -0.581. The van der Waals surface area contributed by atoms with Crippen molar-refractivity contribution in [1.29, 1.82) is 5.26 Å². The third kappa shape index (κ3) is 2.02. The van der Waals surface area contributed by atoms with Crippen LogP contribution in [0.25, 0.3) is 0 Å². The van der Waals surface area contributed by atoms with Crippen molar-refractivity contribution in [2.45, 2.75) is 18.6 Å². The normalized spacial score (nSPS) is 20.2. The minimum absolute atomic E-state index is 0.0240. The summed E-state index contributed by atoms with van der Waals surface area (Å²) in [6.45, 7) is 0. The van der Waals surface area contributed by atoms with Crippen molar-refractivity contribution >= 4 is 5.69 Å². The zero-order valence-corrected chi connectivity index (χ0v) is 10.7. The Morgan fingerprint density at radius 2 is 2.00 bits per heavy atom. The van der Waals surface area contributed by atoms with Gasteiger partial charge in [-0.05, 0) is 23.3 Å². The fourth-order valence-corrected chi connectivity index (χ4v) is 2.67. The highest BCUT2D eigenvalue weighted by Gasteiger charge is 2.31. The van der Waals surface area contributed by atoms with Gasteiger partial charge in [0.05, 0.1) is 17.8 Å². The van der Waals surface area contributed by atoms with Crippen LogP contribution in [0.5, 0.6) is 0 Å². The number of nitrogens with zero attached hydrogens (tertiary/aromatic N) is 1. The van der Waals surface area contributed by atoms with Crippen LogP contribution in [-0.4, -0.2) is 11.2 Å². The lowest BCUT2D eigenvalue weighted by molar-refractivity contribution is 0.166. The fourth-order valence-electron chi connectivity index (χ4n) is 2.67. The van der Waals surface area contributed by atoms with Crippen LogP contribution in [0.15, 0.2) is 42.5 Å². The number of benzene rings is 2. The number of aliphatic hydroxyl groups is 1. The molecule has 20 heavy (non-hydrogen) atoms. The van der Waals surface area contributed by atoms with Crippen LogP contribution >= 0.6 is 0 Å². The minimum Gasteiger partial charge on any atom is -0.390 e. The van der Waals surface area contributed by atoms with E-state index in [4.69, 9.17) is 5.26 Å². The lowest BCUT2D eigenvalue weighted by Crippen LogP contribution is -2.21. The maximum Gasteiger partial charge on any atom is 0.143 e. The molecule has 0 radical (unpaired) electrons. The monoisotopic (exact) mass is 268 g/mol. The van der Waals surface area contributed by atoms with E-state index in [1.807, 2.05) is 30.3 Å². The molecule has 2 N–H and O–H groups in total. The van der Waals surface area contributed by atoms with Crippen LogP contribution in [0.4, 0.5) is 10.1 Å². The van der Waals surface area contributed by atoms with Crippen LogP contribution in [-0.2, 0) is 6.42 Å². The lowest BCUT2D eigenvalue weighted by atomic mass is 10.1. The molecule has 0 bridgehead atoms. The number of fused-ring (bicyclic) bond motifs is 1. The van der Waals surface area contributed by atoms with E-state index in [0.717, 1.165) is 11.1 Å². The summed E-state index contributed by atoms with van der Waals surface area (Å²) in [7, 11) is 0. The Hall–Kier alpha value is -2.38. The van der Waals surface area contributed by atoms with Crippen LogP contribution in [0.1, 0.15) is 22.7 Å². The molecule has 0 fully saturated rings. The molecule has 2 aromatic carbocycles. The number of anilines is 1.